The van der Waals surface area contributed by atoms with Crippen molar-refractivity contribution in [2.24, 2.45) is 0 Å². The molecule has 118 valence electrons. The predicted molar refractivity (Wildman–Crippen MR) is 78.2 cm³/mol. The average molecular weight is 420 g/mol. The van der Waals surface area contributed by atoms with Crippen molar-refractivity contribution in [2.75, 3.05) is 34.8 Å². The molecule has 0 atom stereocenters. The molecule has 0 N–H and O–H groups in total. The lowest BCUT2D eigenvalue weighted by Gasteiger charge is -2.22. The maximum Gasteiger partial charge on any atom is 0.212 e. The van der Waals surface area contributed by atoms with Crippen molar-refractivity contribution in [2.45, 2.75) is 13.0 Å². The molecule has 0 spiro atoms. The summed E-state index contributed by atoms with van der Waals surface area (Å²) < 4.78 is 8.61. The van der Waals surface area contributed by atoms with Gasteiger partial charge in [-0.25, -0.2) is 0 Å². The third kappa shape index (κ3) is 5.93. The van der Waals surface area contributed by atoms with Gasteiger partial charge in [-0.3, -0.25) is 0 Å². The number of hydrogen-bond donors (Lipinski definition) is 0. The zero-order valence-electron chi connectivity index (χ0n) is 13.1. The summed E-state index contributed by atoms with van der Waals surface area (Å²) in [5, 5.41) is 1.23. The second kappa shape index (κ2) is 8.71. The minimum atomic E-state index is 0. The van der Waals surface area contributed by atoms with Gasteiger partial charge in [-0.15, -0.1) is 0 Å². The molecule has 2 aromatic rings. The zero-order valence-corrected chi connectivity index (χ0v) is 16.3. The highest BCUT2D eigenvalue weighted by Gasteiger charge is 2.12. The Labute approximate surface area is 148 Å². The fourth-order valence-corrected chi connectivity index (χ4v) is 2.30. The lowest BCUT2D eigenvalue weighted by molar-refractivity contribution is -0.873. The Hall–Kier alpha value is -0.650. The molecule has 0 unspecified atom stereocenters. The Morgan fingerprint density at radius 1 is 1.10 bits per heavy atom. The van der Waals surface area contributed by atoms with Crippen LogP contribution in [0.15, 0.2) is 36.5 Å². The maximum absolute atomic E-state index is 5.28. The molecule has 3 nitrogen and oxygen atoms in total. The number of aromatic nitrogens is 1. The number of benzene rings is 1. The van der Waals surface area contributed by atoms with Crippen molar-refractivity contribution < 1.29 is 47.7 Å². The Bertz CT molecular complexity index is 568. The van der Waals surface area contributed by atoms with E-state index >= 15 is 0 Å². The highest BCUT2D eigenvalue weighted by atomic mass is 79.9. The summed E-state index contributed by atoms with van der Waals surface area (Å²) in [6.45, 7) is 2.23. The first kappa shape index (κ1) is 20.3. The van der Waals surface area contributed by atoms with E-state index in [0.717, 1.165) is 16.8 Å². The van der Waals surface area contributed by atoms with Gasteiger partial charge in [0, 0.05) is 12.1 Å². The van der Waals surface area contributed by atoms with E-state index in [1.54, 1.807) is 7.11 Å². The number of pyridine rings is 1. The quantitative estimate of drug-likeness (QED) is 0.358. The first-order valence-corrected chi connectivity index (χ1v) is 6.76. The van der Waals surface area contributed by atoms with Gasteiger partial charge in [-0.1, -0.05) is 0 Å². The minimum absolute atomic E-state index is 0. The molecule has 2 rings (SSSR count). The van der Waals surface area contributed by atoms with E-state index in [1.165, 1.54) is 23.9 Å². The smallest absolute Gasteiger partial charge is 0.212 e. The average Bonchev–Trinajstić information content (AvgIpc) is 2.37. The van der Waals surface area contributed by atoms with Crippen LogP contribution in [0, 0.1) is 0 Å². The number of hydrogen-bond acceptors (Lipinski definition) is 1. The maximum atomic E-state index is 5.28. The van der Waals surface area contributed by atoms with Crippen LogP contribution in [-0.4, -0.2) is 39.3 Å². The molecule has 0 saturated carbocycles. The number of rotatable bonds is 5. The van der Waals surface area contributed by atoms with Gasteiger partial charge in [0.2, 0.25) is 5.52 Å². The molecule has 1 aromatic carbocycles. The Kier molecular flexibility index (Phi) is 8.44. The van der Waals surface area contributed by atoms with Gasteiger partial charge in [0.15, 0.2) is 12.7 Å². The number of ether oxygens (including phenoxy) is 1. The number of aryl methyl sites for hydroxylation is 1. The molecule has 0 aliphatic rings. The molecular formula is C16H24Br2N2O. The van der Waals surface area contributed by atoms with Crippen LogP contribution in [0.1, 0.15) is 6.42 Å². The Balaban J connectivity index is 0.00000200. The van der Waals surface area contributed by atoms with Crippen LogP contribution in [0.5, 0.6) is 5.75 Å². The lowest BCUT2D eigenvalue weighted by Crippen LogP contribution is -3.00. The molecule has 21 heavy (non-hydrogen) atoms. The summed E-state index contributed by atoms with van der Waals surface area (Å²) in [5.74, 6) is 0.914. The molecule has 5 heteroatoms. The molecule has 0 amide bonds. The van der Waals surface area contributed by atoms with Crippen molar-refractivity contribution >= 4 is 10.9 Å². The first-order valence-electron chi connectivity index (χ1n) is 6.76. The summed E-state index contributed by atoms with van der Waals surface area (Å²) in [6, 6.07) is 10.5. The van der Waals surface area contributed by atoms with E-state index < -0.39 is 0 Å². The van der Waals surface area contributed by atoms with E-state index in [-0.39, 0.29) is 34.0 Å². The number of nitrogens with zero attached hydrogens (tertiary/aromatic N) is 2. The predicted octanol–water partition coefficient (Wildman–Crippen LogP) is -3.76. The third-order valence-electron chi connectivity index (χ3n) is 3.31. The normalized spacial score (nSPS) is 10.7. The van der Waals surface area contributed by atoms with Crippen molar-refractivity contribution in [3.05, 3.63) is 36.5 Å². The van der Waals surface area contributed by atoms with E-state index in [0.29, 0.717) is 0 Å². The Morgan fingerprint density at radius 3 is 2.43 bits per heavy atom. The topological polar surface area (TPSA) is 13.1 Å². The minimum Gasteiger partial charge on any atom is -1.00 e. The molecular weight excluding hydrogens is 396 g/mol. The fourth-order valence-electron chi connectivity index (χ4n) is 2.30. The number of fused-ring (bicyclic) bond motifs is 1. The van der Waals surface area contributed by atoms with Gasteiger partial charge in [0.1, 0.15) is 5.75 Å². The summed E-state index contributed by atoms with van der Waals surface area (Å²) in [6.07, 6.45) is 3.34. The van der Waals surface area contributed by atoms with Crippen molar-refractivity contribution in [3.8, 4) is 5.75 Å². The second-order valence-electron chi connectivity index (χ2n) is 5.99. The molecule has 0 saturated heterocycles. The van der Waals surface area contributed by atoms with Crippen LogP contribution < -0.4 is 43.3 Å². The summed E-state index contributed by atoms with van der Waals surface area (Å²) >= 11 is 0. The van der Waals surface area contributed by atoms with Crippen LogP contribution in [-0.2, 0) is 6.54 Å². The molecule has 0 bridgehead atoms. The van der Waals surface area contributed by atoms with Gasteiger partial charge in [-0.05, 0) is 18.2 Å². The Morgan fingerprint density at radius 2 is 1.81 bits per heavy atom. The SMILES string of the molecule is COc1ccc2c(ccc[n+]2CCC[N+](C)(C)C)c1.[Br-].[Br-]. The number of quaternary nitrogens is 1. The van der Waals surface area contributed by atoms with Crippen LogP contribution in [0.2, 0.25) is 0 Å². The zero-order chi connectivity index (χ0) is 13.9. The van der Waals surface area contributed by atoms with Gasteiger partial charge < -0.3 is 43.2 Å². The highest BCUT2D eigenvalue weighted by molar-refractivity contribution is 5.77. The van der Waals surface area contributed by atoms with Crippen molar-refractivity contribution in [1.82, 2.24) is 0 Å². The highest BCUT2D eigenvalue weighted by Crippen LogP contribution is 2.17. The van der Waals surface area contributed by atoms with Gasteiger partial charge in [-0.2, -0.15) is 4.57 Å². The monoisotopic (exact) mass is 418 g/mol. The van der Waals surface area contributed by atoms with Crippen molar-refractivity contribution in [3.63, 3.8) is 0 Å². The molecule has 0 radical (unpaired) electrons. The number of methoxy groups -OCH3 is 1. The van der Waals surface area contributed by atoms with Crippen LogP contribution in [0.3, 0.4) is 0 Å². The third-order valence-corrected chi connectivity index (χ3v) is 3.31. The van der Waals surface area contributed by atoms with Crippen LogP contribution >= 0.6 is 0 Å². The molecule has 1 aromatic heterocycles. The molecule has 0 aliphatic carbocycles. The van der Waals surface area contributed by atoms with E-state index in [1.807, 2.05) is 6.07 Å². The van der Waals surface area contributed by atoms with Gasteiger partial charge >= 0.3 is 0 Å². The van der Waals surface area contributed by atoms with Crippen molar-refractivity contribution in [1.29, 1.82) is 0 Å². The number of halogens is 2. The first-order chi connectivity index (χ1) is 8.99. The molecule has 0 fully saturated rings. The van der Waals surface area contributed by atoms with Crippen LogP contribution in [0.25, 0.3) is 10.9 Å². The van der Waals surface area contributed by atoms with E-state index in [9.17, 15) is 0 Å². The molecule has 1 heterocycles. The fraction of sp³-hybridized carbons (Fsp3) is 0.438. The lowest BCUT2D eigenvalue weighted by atomic mass is 10.2. The summed E-state index contributed by atoms with van der Waals surface area (Å²) in [5.41, 5.74) is 1.27. The summed E-state index contributed by atoms with van der Waals surface area (Å²) in [7, 11) is 8.41. The molecule has 0 aliphatic heterocycles. The standard InChI is InChI=1S/C16H24N2O.2BrH/c1-18(2,3)12-6-11-17-10-5-7-14-13-15(19-4)8-9-16(14)17;;/h5,7-10,13H,6,11-12H2,1-4H3;2*1H/q+2;;/p-2. The van der Waals surface area contributed by atoms with Gasteiger partial charge in [0.05, 0.1) is 46.6 Å². The second-order valence-corrected chi connectivity index (χ2v) is 5.99. The van der Waals surface area contributed by atoms with E-state index in [4.69, 9.17) is 4.74 Å². The van der Waals surface area contributed by atoms with Gasteiger partial charge in [0.25, 0.3) is 0 Å². The van der Waals surface area contributed by atoms with E-state index in [2.05, 4.69) is 56.2 Å². The largest absolute Gasteiger partial charge is 1.00 e. The van der Waals surface area contributed by atoms with Crippen LogP contribution in [0.4, 0.5) is 0 Å². The summed E-state index contributed by atoms with van der Waals surface area (Å²) in [4.78, 5) is 0.